The number of hydrogen-bond acceptors (Lipinski definition) is 4. The highest BCUT2D eigenvalue weighted by atomic mass is 16.4. The lowest BCUT2D eigenvalue weighted by Crippen LogP contribution is -2.50. The number of nitrogens with one attached hydrogen (secondary N) is 2. The van der Waals surface area contributed by atoms with Gasteiger partial charge in [-0.1, -0.05) is 13.8 Å². The molecule has 1 heterocycles. The van der Waals surface area contributed by atoms with E-state index >= 15 is 0 Å². The van der Waals surface area contributed by atoms with Crippen molar-refractivity contribution in [2.45, 2.75) is 39.3 Å². The van der Waals surface area contributed by atoms with Gasteiger partial charge in [-0.05, 0) is 31.4 Å². The molecule has 116 valence electrons. The molecular formula is C14H20N2O5. The number of hydrogen-bond donors (Lipinski definition) is 3. The summed E-state index contributed by atoms with van der Waals surface area (Å²) in [6.07, 6.45) is 0.525. The Kier molecular flexibility index (Phi) is 5.95. The van der Waals surface area contributed by atoms with Crippen LogP contribution in [0.2, 0.25) is 0 Å². The van der Waals surface area contributed by atoms with Gasteiger partial charge in [0.25, 0.3) is 0 Å². The predicted molar refractivity (Wildman–Crippen MR) is 75.0 cm³/mol. The monoisotopic (exact) mass is 296 g/mol. The van der Waals surface area contributed by atoms with Crippen LogP contribution in [0, 0.1) is 5.92 Å². The number of furan rings is 1. The van der Waals surface area contributed by atoms with Crippen molar-refractivity contribution in [2.75, 3.05) is 0 Å². The minimum absolute atomic E-state index is 0.166. The third kappa shape index (κ3) is 5.29. The van der Waals surface area contributed by atoms with Gasteiger partial charge in [0, 0.05) is 0 Å². The second-order valence-electron chi connectivity index (χ2n) is 5.20. The summed E-state index contributed by atoms with van der Waals surface area (Å²) in [4.78, 5) is 34.7. The molecule has 0 aliphatic rings. The molecule has 3 N–H and O–H groups in total. The highest BCUT2D eigenvalue weighted by molar-refractivity contribution is 6.00. The maximum atomic E-state index is 12.3. The molecular weight excluding hydrogens is 276 g/mol. The Bertz CT molecular complexity index is 495. The van der Waals surface area contributed by atoms with Crippen LogP contribution >= 0.6 is 0 Å². The molecule has 0 radical (unpaired) electrons. The topological polar surface area (TPSA) is 109 Å². The van der Waals surface area contributed by atoms with Gasteiger partial charge in [-0.3, -0.25) is 9.59 Å². The lowest BCUT2D eigenvalue weighted by Gasteiger charge is -2.20. The van der Waals surface area contributed by atoms with Crippen LogP contribution in [0.3, 0.4) is 0 Å². The largest absolute Gasteiger partial charge is 0.465 e. The summed E-state index contributed by atoms with van der Waals surface area (Å²) in [7, 11) is 0. The van der Waals surface area contributed by atoms with Gasteiger partial charge in [-0.25, -0.2) is 4.79 Å². The van der Waals surface area contributed by atoms with Crippen LogP contribution in [-0.4, -0.2) is 35.0 Å². The van der Waals surface area contributed by atoms with Crippen molar-refractivity contribution in [3.63, 3.8) is 0 Å². The van der Waals surface area contributed by atoms with Gasteiger partial charge in [0.1, 0.15) is 6.04 Å². The molecule has 0 aliphatic carbocycles. The van der Waals surface area contributed by atoms with E-state index < -0.39 is 24.1 Å². The first kappa shape index (κ1) is 16.7. The zero-order chi connectivity index (χ0) is 16.0. The van der Waals surface area contributed by atoms with Gasteiger partial charge in [0.15, 0.2) is 5.76 Å². The molecule has 0 aromatic carbocycles. The fourth-order valence-corrected chi connectivity index (χ4v) is 1.84. The van der Waals surface area contributed by atoms with E-state index in [0.717, 1.165) is 0 Å². The Balaban J connectivity index is 2.76. The summed E-state index contributed by atoms with van der Waals surface area (Å²) < 4.78 is 5.05. The zero-order valence-corrected chi connectivity index (χ0v) is 12.3. The molecule has 0 spiro atoms. The van der Waals surface area contributed by atoms with Gasteiger partial charge in [-0.15, -0.1) is 0 Å². The van der Waals surface area contributed by atoms with E-state index in [2.05, 4.69) is 5.32 Å². The molecule has 0 fully saturated rings. The number of rotatable bonds is 7. The Morgan fingerprint density at radius 2 is 1.90 bits per heavy atom. The smallest absolute Gasteiger partial charge is 0.405 e. The van der Waals surface area contributed by atoms with Crippen molar-refractivity contribution in [3.8, 4) is 0 Å². The Labute approximate surface area is 122 Å². The summed E-state index contributed by atoms with van der Waals surface area (Å²) in [5, 5.41) is 13.2. The van der Waals surface area contributed by atoms with Gasteiger partial charge in [-0.2, -0.15) is 0 Å². The molecule has 0 bridgehead atoms. The molecule has 2 atom stereocenters. The fourth-order valence-electron chi connectivity index (χ4n) is 1.84. The third-order valence-corrected chi connectivity index (χ3v) is 2.84. The van der Waals surface area contributed by atoms with Crippen LogP contribution in [0.25, 0.3) is 0 Å². The van der Waals surface area contributed by atoms with Crippen molar-refractivity contribution in [1.82, 2.24) is 10.6 Å². The van der Waals surface area contributed by atoms with Crippen molar-refractivity contribution in [2.24, 2.45) is 5.92 Å². The van der Waals surface area contributed by atoms with E-state index in [4.69, 9.17) is 9.52 Å². The molecule has 0 saturated heterocycles. The lowest BCUT2D eigenvalue weighted by molar-refractivity contribution is -0.123. The number of carbonyl (C=O) groups excluding carboxylic acids is 2. The van der Waals surface area contributed by atoms with Crippen molar-refractivity contribution in [1.29, 1.82) is 0 Å². The minimum Gasteiger partial charge on any atom is -0.465 e. The van der Waals surface area contributed by atoms with Crippen LogP contribution < -0.4 is 10.6 Å². The normalized spacial score (nSPS) is 13.5. The average molecular weight is 296 g/mol. The van der Waals surface area contributed by atoms with Gasteiger partial charge in [0.05, 0.1) is 12.3 Å². The van der Waals surface area contributed by atoms with Gasteiger partial charge >= 0.3 is 6.09 Å². The summed E-state index contributed by atoms with van der Waals surface area (Å²) >= 11 is 0. The van der Waals surface area contributed by atoms with Crippen LogP contribution in [0.4, 0.5) is 4.79 Å². The van der Waals surface area contributed by atoms with E-state index in [0.29, 0.717) is 6.42 Å². The fraction of sp³-hybridized carbons (Fsp3) is 0.500. The Morgan fingerprint density at radius 1 is 1.24 bits per heavy atom. The van der Waals surface area contributed by atoms with E-state index in [1.807, 2.05) is 19.2 Å². The number of carbonyl (C=O) groups is 3. The Hall–Kier alpha value is -2.31. The first-order chi connectivity index (χ1) is 9.81. The molecule has 0 unspecified atom stereocenters. The van der Waals surface area contributed by atoms with Crippen LogP contribution in [0.1, 0.15) is 37.7 Å². The zero-order valence-electron chi connectivity index (χ0n) is 12.3. The predicted octanol–water partition coefficient (Wildman–Crippen LogP) is 1.65. The highest BCUT2D eigenvalue weighted by Crippen LogP contribution is 2.12. The van der Waals surface area contributed by atoms with E-state index in [9.17, 15) is 14.4 Å². The van der Waals surface area contributed by atoms with Crippen molar-refractivity contribution >= 4 is 17.8 Å². The third-order valence-electron chi connectivity index (χ3n) is 2.84. The molecule has 2 amide bonds. The maximum absolute atomic E-state index is 12.3. The minimum atomic E-state index is -1.30. The van der Waals surface area contributed by atoms with Crippen LogP contribution in [-0.2, 0) is 4.79 Å². The quantitative estimate of drug-likeness (QED) is 0.663. The molecule has 1 rings (SSSR count). The standard InChI is InChI=1S/C14H20N2O5/c1-8(2)7-10(12(17)11-5-4-6-21-11)16-13(18)9(3)15-14(19)20/h4-6,8-10,15H,7H2,1-3H3,(H,16,18)(H,19,20)/t9-,10-/m0/s1. The van der Waals surface area contributed by atoms with Gasteiger partial charge in [0.2, 0.25) is 11.7 Å². The van der Waals surface area contributed by atoms with E-state index in [1.54, 1.807) is 6.07 Å². The first-order valence-electron chi connectivity index (χ1n) is 6.68. The summed E-state index contributed by atoms with van der Waals surface area (Å²) in [6.45, 7) is 5.26. The maximum Gasteiger partial charge on any atom is 0.405 e. The number of amides is 2. The average Bonchev–Trinajstić information content (AvgIpc) is 2.89. The van der Waals surface area contributed by atoms with Crippen LogP contribution in [0.5, 0.6) is 0 Å². The second kappa shape index (κ2) is 7.47. The highest BCUT2D eigenvalue weighted by Gasteiger charge is 2.27. The van der Waals surface area contributed by atoms with Gasteiger partial charge < -0.3 is 20.2 Å². The molecule has 1 aromatic rings. The van der Waals surface area contributed by atoms with E-state index in [-0.39, 0.29) is 17.5 Å². The second-order valence-corrected chi connectivity index (χ2v) is 5.20. The van der Waals surface area contributed by atoms with Crippen molar-refractivity contribution in [3.05, 3.63) is 24.2 Å². The molecule has 1 aromatic heterocycles. The molecule has 21 heavy (non-hydrogen) atoms. The number of ketones is 1. The van der Waals surface area contributed by atoms with Crippen LogP contribution in [0.15, 0.2) is 22.8 Å². The summed E-state index contributed by atoms with van der Waals surface area (Å²) in [5.41, 5.74) is 0. The SMILES string of the molecule is CC(C)C[C@H](NC(=O)[C@H](C)NC(=O)O)C(=O)c1ccco1. The summed E-state index contributed by atoms with van der Waals surface area (Å²) in [5.74, 6) is -0.538. The molecule has 7 heteroatoms. The molecule has 7 nitrogen and oxygen atoms in total. The number of Topliss-reactive ketones (excluding diaryl/α,β-unsaturated/α-hetero) is 1. The summed E-state index contributed by atoms with van der Waals surface area (Å²) in [6, 6.07) is 1.43. The Morgan fingerprint density at radius 3 is 2.38 bits per heavy atom. The van der Waals surface area contributed by atoms with Crippen molar-refractivity contribution < 1.29 is 23.9 Å². The number of carboxylic acid groups (broad SMARTS) is 1. The molecule has 0 saturated carbocycles. The lowest BCUT2D eigenvalue weighted by atomic mass is 9.98. The first-order valence-corrected chi connectivity index (χ1v) is 6.68. The molecule has 0 aliphatic heterocycles. The van der Waals surface area contributed by atoms with E-state index in [1.165, 1.54) is 19.3 Å².